The van der Waals surface area contributed by atoms with Crippen LogP contribution >= 0.6 is 0 Å². The summed E-state index contributed by atoms with van der Waals surface area (Å²) in [6.07, 6.45) is 2.42. The van der Waals surface area contributed by atoms with Crippen molar-refractivity contribution < 1.29 is 14.7 Å². The van der Waals surface area contributed by atoms with Crippen LogP contribution < -0.4 is 5.73 Å². The van der Waals surface area contributed by atoms with Gasteiger partial charge in [-0.3, -0.25) is 19.6 Å². The first kappa shape index (κ1) is 17.1. The van der Waals surface area contributed by atoms with Crippen molar-refractivity contribution in [3.8, 4) is 0 Å². The van der Waals surface area contributed by atoms with Gasteiger partial charge in [0.2, 0.25) is 5.91 Å². The third-order valence-electron chi connectivity index (χ3n) is 4.26. The van der Waals surface area contributed by atoms with Gasteiger partial charge in [0.05, 0.1) is 17.9 Å². The van der Waals surface area contributed by atoms with Crippen molar-refractivity contribution in [2.45, 2.75) is 12.6 Å². The number of nitrogens with zero attached hydrogens (tertiary/aromatic N) is 3. The minimum atomic E-state index is -0.622. The van der Waals surface area contributed by atoms with Gasteiger partial charge in [0, 0.05) is 44.5 Å². The molecular formula is C17H21N5O3. The quantitative estimate of drug-likeness (QED) is 0.713. The molecule has 1 aliphatic rings. The molecule has 1 aliphatic heterocycles. The predicted molar refractivity (Wildman–Crippen MR) is 90.7 cm³/mol. The minimum Gasteiger partial charge on any atom is -0.390 e. The number of amides is 2. The van der Waals surface area contributed by atoms with Gasteiger partial charge in [-0.2, -0.15) is 5.10 Å². The summed E-state index contributed by atoms with van der Waals surface area (Å²) >= 11 is 0. The molecule has 0 spiro atoms. The molecule has 1 aromatic heterocycles. The normalized spacial score (nSPS) is 18.8. The van der Waals surface area contributed by atoms with Crippen molar-refractivity contribution in [2.24, 2.45) is 5.73 Å². The number of benzene rings is 1. The van der Waals surface area contributed by atoms with E-state index in [1.165, 1.54) is 6.20 Å². The van der Waals surface area contributed by atoms with Gasteiger partial charge in [-0.25, -0.2) is 0 Å². The van der Waals surface area contributed by atoms with E-state index in [9.17, 15) is 14.7 Å². The van der Waals surface area contributed by atoms with Crippen LogP contribution in [-0.4, -0.2) is 69.2 Å². The molecule has 1 fully saturated rings. The summed E-state index contributed by atoms with van der Waals surface area (Å²) in [4.78, 5) is 27.3. The van der Waals surface area contributed by atoms with Crippen molar-refractivity contribution in [1.82, 2.24) is 20.0 Å². The smallest absolute Gasteiger partial charge is 0.257 e. The van der Waals surface area contributed by atoms with Gasteiger partial charge < -0.3 is 15.7 Å². The molecule has 4 N–H and O–H groups in total. The number of rotatable bonds is 4. The van der Waals surface area contributed by atoms with Gasteiger partial charge in [0.25, 0.3) is 5.91 Å². The fourth-order valence-electron chi connectivity index (χ4n) is 2.97. The van der Waals surface area contributed by atoms with Crippen LogP contribution in [0.3, 0.4) is 0 Å². The van der Waals surface area contributed by atoms with Crippen LogP contribution in [0.15, 0.2) is 36.7 Å². The summed E-state index contributed by atoms with van der Waals surface area (Å²) in [5, 5.41) is 16.7. The SMILES string of the molecule is NC(=O)c1ccc(CN2CCN(C(=O)c3cn[nH]c3)C[C@H](O)C2)cc1. The number of H-pyrrole nitrogens is 1. The number of nitrogens with two attached hydrogens (primary N) is 1. The Morgan fingerprint density at radius 3 is 2.60 bits per heavy atom. The molecule has 2 amide bonds. The number of carbonyl (C=O) groups excluding carboxylic acids is 2. The highest BCUT2D eigenvalue weighted by Gasteiger charge is 2.25. The van der Waals surface area contributed by atoms with Gasteiger partial charge in [0.15, 0.2) is 0 Å². The van der Waals surface area contributed by atoms with Crippen LogP contribution in [0.2, 0.25) is 0 Å². The summed E-state index contributed by atoms with van der Waals surface area (Å²) < 4.78 is 0. The second-order valence-corrected chi connectivity index (χ2v) is 6.19. The topological polar surface area (TPSA) is 116 Å². The molecule has 0 radical (unpaired) electrons. The standard InChI is InChI=1S/C17H21N5O3/c18-16(24)13-3-1-12(2-4-13)9-21-5-6-22(11-15(23)10-21)17(25)14-7-19-20-8-14/h1-4,7-8,15,23H,5-6,9-11H2,(H2,18,24)(H,19,20)/t15-/m1/s1. The van der Waals surface area contributed by atoms with Crippen molar-refractivity contribution in [2.75, 3.05) is 26.2 Å². The molecule has 132 valence electrons. The van der Waals surface area contributed by atoms with Crippen molar-refractivity contribution in [3.05, 3.63) is 53.3 Å². The number of aromatic nitrogens is 2. The molecule has 25 heavy (non-hydrogen) atoms. The zero-order chi connectivity index (χ0) is 17.8. The lowest BCUT2D eigenvalue weighted by atomic mass is 10.1. The molecule has 1 atom stereocenters. The van der Waals surface area contributed by atoms with Gasteiger partial charge in [-0.1, -0.05) is 12.1 Å². The third kappa shape index (κ3) is 4.23. The van der Waals surface area contributed by atoms with E-state index in [0.717, 1.165) is 5.56 Å². The Morgan fingerprint density at radius 1 is 1.20 bits per heavy atom. The van der Waals surface area contributed by atoms with E-state index in [1.54, 1.807) is 23.2 Å². The second kappa shape index (κ2) is 7.45. The van der Waals surface area contributed by atoms with E-state index in [2.05, 4.69) is 15.1 Å². The zero-order valence-corrected chi connectivity index (χ0v) is 13.8. The summed E-state index contributed by atoms with van der Waals surface area (Å²) in [5.41, 5.74) is 7.22. The van der Waals surface area contributed by atoms with Gasteiger partial charge in [-0.05, 0) is 17.7 Å². The molecule has 0 saturated carbocycles. The van der Waals surface area contributed by atoms with E-state index < -0.39 is 12.0 Å². The fraction of sp³-hybridized carbons (Fsp3) is 0.353. The van der Waals surface area contributed by atoms with Crippen LogP contribution in [0, 0.1) is 0 Å². The first-order valence-corrected chi connectivity index (χ1v) is 8.10. The van der Waals surface area contributed by atoms with Crippen molar-refractivity contribution in [3.63, 3.8) is 0 Å². The van der Waals surface area contributed by atoms with E-state index in [4.69, 9.17) is 5.73 Å². The van der Waals surface area contributed by atoms with Crippen LogP contribution in [-0.2, 0) is 6.54 Å². The maximum atomic E-state index is 12.4. The number of primary amides is 1. The van der Waals surface area contributed by atoms with Crippen LogP contribution in [0.25, 0.3) is 0 Å². The van der Waals surface area contributed by atoms with Crippen LogP contribution in [0.5, 0.6) is 0 Å². The number of hydrogen-bond donors (Lipinski definition) is 3. The number of aliphatic hydroxyl groups excluding tert-OH is 1. The van der Waals surface area contributed by atoms with Crippen LogP contribution in [0.1, 0.15) is 26.3 Å². The molecule has 8 heteroatoms. The Balaban J connectivity index is 1.63. The molecule has 2 heterocycles. The average molecular weight is 343 g/mol. The number of β-amino-alcohol motifs (C(OH)–C–C–N with tert-alkyl or cyclic N) is 1. The maximum absolute atomic E-state index is 12.4. The highest BCUT2D eigenvalue weighted by molar-refractivity contribution is 5.93. The number of hydrogen-bond acceptors (Lipinski definition) is 5. The first-order chi connectivity index (χ1) is 12.0. The number of nitrogens with one attached hydrogen (secondary N) is 1. The van der Waals surface area contributed by atoms with Gasteiger partial charge >= 0.3 is 0 Å². The van der Waals surface area contributed by atoms with E-state index in [1.807, 2.05) is 12.1 Å². The Hall–Kier alpha value is -2.71. The average Bonchev–Trinajstić information content (AvgIpc) is 3.06. The molecule has 1 saturated heterocycles. The summed E-state index contributed by atoms with van der Waals surface area (Å²) in [6.45, 7) is 2.58. The molecule has 2 aromatic rings. The molecule has 0 aliphatic carbocycles. The first-order valence-electron chi connectivity index (χ1n) is 8.10. The maximum Gasteiger partial charge on any atom is 0.257 e. The molecule has 0 bridgehead atoms. The number of aromatic amines is 1. The van der Waals surface area contributed by atoms with Crippen molar-refractivity contribution in [1.29, 1.82) is 0 Å². The van der Waals surface area contributed by atoms with E-state index in [-0.39, 0.29) is 5.91 Å². The Morgan fingerprint density at radius 2 is 1.96 bits per heavy atom. The Labute approximate surface area is 145 Å². The number of aliphatic hydroxyl groups is 1. The highest BCUT2D eigenvalue weighted by atomic mass is 16.3. The van der Waals surface area contributed by atoms with Gasteiger partial charge in [-0.15, -0.1) is 0 Å². The molecule has 0 unspecified atom stereocenters. The van der Waals surface area contributed by atoms with Crippen LogP contribution in [0.4, 0.5) is 0 Å². The van der Waals surface area contributed by atoms with Crippen molar-refractivity contribution >= 4 is 11.8 Å². The lowest BCUT2D eigenvalue weighted by molar-refractivity contribution is 0.0663. The lowest BCUT2D eigenvalue weighted by Crippen LogP contribution is -2.37. The highest BCUT2D eigenvalue weighted by Crippen LogP contribution is 2.12. The predicted octanol–water partition coefficient (Wildman–Crippen LogP) is -0.172. The minimum absolute atomic E-state index is 0.138. The lowest BCUT2D eigenvalue weighted by Gasteiger charge is -2.21. The summed E-state index contributed by atoms with van der Waals surface area (Å²) in [6, 6.07) is 7.10. The molecule has 3 rings (SSSR count). The third-order valence-corrected chi connectivity index (χ3v) is 4.26. The summed E-state index contributed by atoms with van der Waals surface area (Å²) in [5.74, 6) is -0.592. The Kier molecular flexibility index (Phi) is 5.11. The zero-order valence-electron chi connectivity index (χ0n) is 13.8. The monoisotopic (exact) mass is 343 g/mol. The van der Waals surface area contributed by atoms with Gasteiger partial charge in [0.1, 0.15) is 0 Å². The molecular weight excluding hydrogens is 322 g/mol. The largest absolute Gasteiger partial charge is 0.390 e. The van der Waals surface area contributed by atoms with E-state index in [0.29, 0.717) is 43.9 Å². The van der Waals surface area contributed by atoms with E-state index >= 15 is 0 Å². The Bertz CT molecular complexity index is 729. The molecule has 1 aromatic carbocycles. The molecule has 8 nitrogen and oxygen atoms in total. The summed E-state index contributed by atoms with van der Waals surface area (Å²) in [7, 11) is 0. The second-order valence-electron chi connectivity index (χ2n) is 6.19. The fourth-order valence-corrected chi connectivity index (χ4v) is 2.97. The number of carbonyl (C=O) groups is 2.